The Morgan fingerprint density at radius 1 is 0.913 bits per heavy atom. The second-order valence-electron chi connectivity index (χ2n) is 5.89. The number of benzene rings is 1. The molecule has 0 radical (unpaired) electrons. The zero-order chi connectivity index (χ0) is 16.2. The summed E-state index contributed by atoms with van der Waals surface area (Å²) in [4.78, 5) is 8.79. The van der Waals surface area contributed by atoms with Gasteiger partial charge in [0.25, 0.3) is 0 Å². The fourth-order valence-electron chi connectivity index (χ4n) is 2.66. The van der Waals surface area contributed by atoms with Crippen LogP contribution in [0.15, 0.2) is 42.7 Å². The Balaban J connectivity index is 1.63. The highest BCUT2D eigenvalue weighted by molar-refractivity contribution is 5.84. The highest BCUT2D eigenvalue weighted by atomic mass is 15.0. The maximum atomic E-state index is 4.69. The van der Waals surface area contributed by atoms with Crippen LogP contribution in [0.25, 0.3) is 10.9 Å². The normalized spacial score (nSPS) is 10.7. The van der Waals surface area contributed by atoms with Crippen LogP contribution in [0, 0.1) is 20.8 Å². The van der Waals surface area contributed by atoms with Crippen LogP contribution in [0.1, 0.15) is 16.7 Å². The molecule has 3 aromatic rings. The molecule has 23 heavy (non-hydrogen) atoms. The molecule has 4 nitrogen and oxygen atoms in total. The number of anilines is 2. The molecule has 0 saturated carbocycles. The van der Waals surface area contributed by atoms with E-state index in [2.05, 4.69) is 60.7 Å². The van der Waals surface area contributed by atoms with Gasteiger partial charge in [-0.05, 0) is 56.2 Å². The van der Waals surface area contributed by atoms with Crippen LogP contribution in [-0.2, 0) is 0 Å². The monoisotopic (exact) mass is 306 g/mol. The Bertz CT molecular complexity index is 827. The molecule has 0 bridgehead atoms. The van der Waals surface area contributed by atoms with E-state index in [1.165, 1.54) is 16.5 Å². The van der Waals surface area contributed by atoms with Gasteiger partial charge in [-0.15, -0.1) is 0 Å². The molecule has 0 aliphatic carbocycles. The van der Waals surface area contributed by atoms with Gasteiger partial charge in [-0.3, -0.25) is 4.98 Å². The van der Waals surface area contributed by atoms with Gasteiger partial charge in [-0.25, -0.2) is 4.98 Å². The second kappa shape index (κ2) is 6.65. The van der Waals surface area contributed by atoms with Gasteiger partial charge in [-0.2, -0.15) is 0 Å². The number of nitrogens with one attached hydrogen (secondary N) is 2. The van der Waals surface area contributed by atoms with Crippen molar-refractivity contribution in [3.8, 4) is 0 Å². The number of hydrogen-bond donors (Lipinski definition) is 2. The molecular weight excluding hydrogens is 284 g/mol. The van der Waals surface area contributed by atoms with E-state index in [4.69, 9.17) is 4.98 Å². The van der Waals surface area contributed by atoms with Crippen LogP contribution in [0.4, 0.5) is 11.5 Å². The Morgan fingerprint density at radius 2 is 1.74 bits per heavy atom. The van der Waals surface area contributed by atoms with Crippen molar-refractivity contribution in [3.05, 3.63) is 59.4 Å². The average Bonchev–Trinajstić information content (AvgIpc) is 2.54. The summed E-state index contributed by atoms with van der Waals surface area (Å²) in [7, 11) is 0. The first kappa shape index (κ1) is 15.3. The fourth-order valence-corrected chi connectivity index (χ4v) is 2.66. The highest BCUT2D eigenvalue weighted by Gasteiger charge is 2.03. The van der Waals surface area contributed by atoms with Crippen molar-refractivity contribution >= 4 is 22.4 Å². The predicted molar refractivity (Wildman–Crippen MR) is 97.2 cm³/mol. The molecule has 0 saturated heterocycles. The van der Waals surface area contributed by atoms with E-state index in [0.717, 1.165) is 35.7 Å². The quantitative estimate of drug-likeness (QED) is 0.697. The number of aryl methyl sites for hydroxylation is 3. The zero-order valence-corrected chi connectivity index (χ0v) is 13.9. The summed E-state index contributed by atoms with van der Waals surface area (Å²) >= 11 is 0. The van der Waals surface area contributed by atoms with Gasteiger partial charge >= 0.3 is 0 Å². The van der Waals surface area contributed by atoms with E-state index in [9.17, 15) is 0 Å². The summed E-state index contributed by atoms with van der Waals surface area (Å²) < 4.78 is 0. The van der Waals surface area contributed by atoms with Gasteiger partial charge in [-0.1, -0.05) is 11.6 Å². The van der Waals surface area contributed by atoms with Crippen LogP contribution in [0.5, 0.6) is 0 Å². The lowest BCUT2D eigenvalue weighted by Crippen LogP contribution is -2.15. The molecule has 2 N–H and O–H groups in total. The van der Waals surface area contributed by atoms with Gasteiger partial charge in [0, 0.05) is 36.6 Å². The Kier molecular flexibility index (Phi) is 4.42. The number of hydrogen-bond acceptors (Lipinski definition) is 4. The van der Waals surface area contributed by atoms with Gasteiger partial charge in [0.15, 0.2) is 0 Å². The van der Waals surface area contributed by atoms with Crippen LogP contribution < -0.4 is 10.6 Å². The van der Waals surface area contributed by atoms with Crippen LogP contribution in [0.3, 0.4) is 0 Å². The third-order valence-electron chi connectivity index (χ3n) is 3.94. The number of nitrogens with zero attached hydrogens (tertiary/aromatic N) is 2. The first-order chi connectivity index (χ1) is 11.1. The van der Waals surface area contributed by atoms with E-state index >= 15 is 0 Å². The van der Waals surface area contributed by atoms with Crippen molar-refractivity contribution < 1.29 is 0 Å². The van der Waals surface area contributed by atoms with Crippen LogP contribution in [-0.4, -0.2) is 23.1 Å². The minimum absolute atomic E-state index is 0.811. The second-order valence-corrected chi connectivity index (χ2v) is 5.89. The molecule has 0 aliphatic heterocycles. The molecule has 4 heteroatoms. The Hall–Kier alpha value is -2.62. The summed E-state index contributed by atoms with van der Waals surface area (Å²) in [6.07, 6.45) is 3.67. The average molecular weight is 306 g/mol. The molecule has 0 fully saturated rings. The van der Waals surface area contributed by atoms with Gasteiger partial charge in [0.05, 0.1) is 5.52 Å². The summed E-state index contributed by atoms with van der Waals surface area (Å²) in [5, 5.41) is 8.03. The molecule has 1 aromatic carbocycles. The minimum Gasteiger partial charge on any atom is -0.383 e. The predicted octanol–water partition coefficient (Wildman–Crippen LogP) is 4.08. The zero-order valence-electron chi connectivity index (χ0n) is 13.9. The van der Waals surface area contributed by atoms with Gasteiger partial charge in [0.2, 0.25) is 0 Å². The maximum Gasteiger partial charge on any atom is 0.126 e. The Morgan fingerprint density at radius 3 is 2.57 bits per heavy atom. The third-order valence-corrected chi connectivity index (χ3v) is 3.94. The number of rotatable bonds is 5. The van der Waals surface area contributed by atoms with Crippen molar-refractivity contribution in [2.24, 2.45) is 0 Å². The smallest absolute Gasteiger partial charge is 0.126 e. The standard InChI is InChI=1S/C19H22N4/c1-13-4-5-18-16(10-13)14(2)11-19(23-18)22-9-8-21-17-6-7-20-12-15(17)3/h4-7,10-12H,8-9H2,1-3H3,(H,20,21)(H,22,23). The number of aromatic nitrogens is 2. The third kappa shape index (κ3) is 3.59. The Labute approximate surface area is 137 Å². The SMILES string of the molecule is Cc1ccc2nc(NCCNc3ccncc3C)cc(C)c2c1. The molecule has 3 rings (SSSR count). The molecule has 0 amide bonds. The van der Waals surface area contributed by atoms with E-state index in [1.807, 2.05) is 12.3 Å². The van der Waals surface area contributed by atoms with Crippen molar-refractivity contribution in [3.63, 3.8) is 0 Å². The van der Waals surface area contributed by atoms with Crippen molar-refractivity contribution in [1.82, 2.24) is 9.97 Å². The van der Waals surface area contributed by atoms with Gasteiger partial charge < -0.3 is 10.6 Å². The van der Waals surface area contributed by atoms with Gasteiger partial charge in [0.1, 0.15) is 5.82 Å². The van der Waals surface area contributed by atoms with E-state index < -0.39 is 0 Å². The lowest BCUT2D eigenvalue weighted by atomic mass is 10.1. The van der Waals surface area contributed by atoms with Crippen molar-refractivity contribution in [2.45, 2.75) is 20.8 Å². The summed E-state index contributed by atoms with van der Waals surface area (Å²) in [5.41, 5.74) is 5.83. The van der Waals surface area contributed by atoms with Crippen LogP contribution in [0.2, 0.25) is 0 Å². The summed E-state index contributed by atoms with van der Waals surface area (Å²) in [6, 6.07) is 10.5. The fraction of sp³-hybridized carbons (Fsp3) is 0.263. The highest BCUT2D eigenvalue weighted by Crippen LogP contribution is 2.21. The first-order valence-electron chi connectivity index (χ1n) is 7.90. The lowest BCUT2D eigenvalue weighted by Gasteiger charge is -2.11. The number of fused-ring (bicyclic) bond motifs is 1. The molecule has 2 aromatic heterocycles. The molecule has 0 unspecified atom stereocenters. The molecule has 0 atom stereocenters. The molecule has 0 spiro atoms. The first-order valence-corrected chi connectivity index (χ1v) is 7.90. The molecule has 0 aliphatic rings. The molecule has 2 heterocycles. The van der Waals surface area contributed by atoms with Crippen LogP contribution >= 0.6 is 0 Å². The number of pyridine rings is 2. The molecular formula is C19H22N4. The maximum absolute atomic E-state index is 4.69. The molecule has 118 valence electrons. The van der Waals surface area contributed by atoms with Crippen molar-refractivity contribution in [1.29, 1.82) is 0 Å². The summed E-state index contributed by atoms with van der Waals surface area (Å²) in [6.45, 7) is 7.94. The van der Waals surface area contributed by atoms with E-state index in [1.54, 1.807) is 6.20 Å². The van der Waals surface area contributed by atoms with E-state index in [0.29, 0.717) is 0 Å². The van der Waals surface area contributed by atoms with Crippen molar-refractivity contribution in [2.75, 3.05) is 23.7 Å². The lowest BCUT2D eigenvalue weighted by molar-refractivity contribution is 1.06. The topological polar surface area (TPSA) is 49.8 Å². The largest absolute Gasteiger partial charge is 0.383 e. The van der Waals surface area contributed by atoms with E-state index in [-0.39, 0.29) is 0 Å². The summed E-state index contributed by atoms with van der Waals surface area (Å²) in [5.74, 6) is 0.923. The minimum atomic E-state index is 0.811.